The number of aryl methyl sites for hydroxylation is 1. The summed E-state index contributed by atoms with van der Waals surface area (Å²) in [5.41, 5.74) is 1.84. The number of likely N-dealkylation sites (N-methyl/N-ethyl adjacent to an activating group) is 1. The summed E-state index contributed by atoms with van der Waals surface area (Å²) in [6.45, 7) is 0.565. The molecule has 1 unspecified atom stereocenters. The van der Waals surface area contributed by atoms with Crippen LogP contribution in [-0.4, -0.2) is 29.3 Å². The van der Waals surface area contributed by atoms with Crippen molar-refractivity contribution >= 4 is 18.3 Å². The van der Waals surface area contributed by atoms with E-state index in [9.17, 15) is 9.18 Å². The number of carbonyl (C=O) groups is 1. The van der Waals surface area contributed by atoms with Gasteiger partial charge in [-0.3, -0.25) is 9.48 Å². The topological polar surface area (TPSA) is 59.0 Å². The number of hydrogen-bond donors (Lipinski definition) is 2. The lowest BCUT2D eigenvalue weighted by Crippen LogP contribution is -2.45. The van der Waals surface area contributed by atoms with Crippen molar-refractivity contribution in [2.75, 3.05) is 13.6 Å². The summed E-state index contributed by atoms with van der Waals surface area (Å²) >= 11 is 0. The average Bonchev–Trinajstić information content (AvgIpc) is 3.08. The fourth-order valence-electron chi connectivity index (χ4n) is 4.00. The van der Waals surface area contributed by atoms with Crippen LogP contribution in [-0.2, 0) is 17.3 Å². The molecular formula is C20H28ClFN4O. The molecule has 0 bridgehead atoms. The molecule has 0 spiro atoms. The van der Waals surface area contributed by atoms with Crippen molar-refractivity contribution in [3.8, 4) is 0 Å². The van der Waals surface area contributed by atoms with E-state index in [2.05, 4.69) is 15.7 Å². The Hall–Kier alpha value is -1.92. The van der Waals surface area contributed by atoms with Crippen LogP contribution in [0.3, 0.4) is 0 Å². The van der Waals surface area contributed by atoms with Crippen molar-refractivity contribution in [3.63, 3.8) is 0 Å². The summed E-state index contributed by atoms with van der Waals surface area (Å²) in [5, 5.41) is 10.3. The number of hydrogen-bond acceptors (Lipinski definition) is 3. The van der Waals surface area contributed by atoms with Gasteiger partial charge in [-0.05, 0) is 37.6 Å². The molecule has 2 aromatic rings. The highest BCUT2D eigenvalue weighted by atomic mass is 35.5. The van der Waals surface area contributed by atoms with Crippen LogP contribution >= 0.6 is 12.4 Å². The number of carbonyl (C=O) groups excluding carboxylic acids is 1. The zero-order valence-corrected chi connectivity index (χ0v) is 16.7. The van der Waals surface area contributed by atoms with Crippen molar-refractivity contribution in [2.45, 2.75) is 43.6 Å². The van der Waals surface area contributed by atoms with E-state index < -0.39 is 6.04 Å². The fourth-order valence-corrected chi connectivity index (χ4v) is 4.00. The van der Waals surface area contributed by atoms with Gasteiger partial charge in [0.25, 0.3) is 0 Å². The van der Waals surface area contributed by atoms with Crippen molar-refractivity contribution < 1.29 is 9.18 Å². The standard InChI is InChI=1S/C20H27FN4O.ClH/c1-22-18(15-12-24-25(2)13-15)19(26)23-14-20(10-4-3-5-11-20)16-6-8-17(21)9-7-16;/h6-9,12-13,18,22H,3-5,10-11,14H2,1-2H3,(H,23,26);1H. The van der Waals surface area contributed by atoms with Crippen molar-refractivity contribution in [1.82, 2.24) is 20.4 Å². The van der Waals surface area contributed by atoms with E-state index in [0.717, 1.165) is 36.8 Å². The summed E-state index contributed by atoms with van der Waals surface area (Å²) in [6, 6.07) is 6.32. The summed E-state index contributed by atoms with van der Waals surface area (Å²) < 4.78 is 15.0. The largest absolute Gasteiger partial charge is 0.354 e. The van der Waals surface area contributed by atoms with Gasteiger partial charge in [-0.25, -0.2) is 4.39 Å². The lowest BCUT2D eigenvalue weighted by Gasteiger charge is -2.38. The minimum absolute atomic E-state index is 0. The predicted octanol–water partition coefficient (Wildman–Crippen LogP) is 3.26. The molecule has 5 nitrogen and oxygen atoms in total. The van der Waals surface area contributed by atoms with E-state index in [1.165, 1.54) is 18.6 Å². The van der Waals surface area contributed by atoms with Crippen LogP contribution in [0.25, 0.3) is 0 Å². The lowest BCUT2D eigenvalue weighted by molar-refractivity contribution is -0.123. The average molecular weight is 395 g/mol. The molecule has 1 aromatic heterocycles. The molecule has 2 N–H and O–H groups in total. The molecule has 148 valence electrons. The second kappa shape index (κ2) is 9.33. The SMILES string of the molecule is CNC(C(=O)NCC1(c2ccc(F)cc2)CCCCC1)c1cnn(C)c1.Cl. The molecule has 7 heteroatoms. The molecule has 1 fully saturated rings. The number of aromatic nitrogens is 2. The molecule has 1 heterocycles. The number of amides is 1. The van der Waals surface area contributed by atoms with Crippen LogP contribution in [0.2, 0.25) is 0 Å². The minimum Gasteiger partial charge on any atom is -0.354 e. The van der Waals surface area contributed by atoms with E-state index in [-0.39, 0.29) is 29.5 Å². The normalized spacial score (nSPS) is 17.0. The molecule has 1 aliphatic carbocycles. The van der Waals surface area contributed by atoms with Crippen molar-refractivity contribution in [3.05, 3.63) is 53.6 Å². The van der Waals surface area contributed by atoms with Gasteiger partial charge < -0.3 is 10.6 Å². The molecule has 1 aliphatic rings. The summed E-state index contributed by atoms with van der Waals surface area (Å²) in [5.74, 6) is -0.289. The maximum absolute atomic E-state index is 13.3. The Bertz CT molecular complexity index is 741. The Morgan fingerprint density at radius 3 is 2.48 bits per heavy atom. The number of nitrogens with zero attached hydrogens (tertiary/aromatic N) is 2. The van der Waals surface area contributed by atoms with Crippen LogP contribution in [0.15, 0.2) is 36.7 Å². The van der Waals surface area contributed by atoms with Crippen LogP contribution in [0.1, 0.15) is 49.3 Å². The molecule has 0 radical (unpaired) electrons. The number of halogens is 2. The molecule has 1 aromatic carbocycles. The number of benzene rings is 1. The lowest BCUT2D eigenvalue weighted by atomic mass is 9.69. The quantitative estimate of drug-likeness (QED) is 0.790. The third-order valence-corrected chi connectivity index (χ3v) is 5.48. The highest BCUT2D eigenvalue weighted by molar-refractivity contribution is 5.85. The Balaban J connectivity index is 0.00000261. The first-order chi connectivity index (χ1) is 12.5. The molecule has 1 saturated carbocycles. The monoisotopic (exact) mass is 394 g/mol. The van der Waals surface area contributed by atoms with Crippen LogP contribution < -0.4 is 10.6 Å². The molecule has 27 heavy (non-hydrogen) atoms. The Morgan fingerprint density at radius 1 is 1.26 bits per heavy atom. The predicted molar refractivity (Wildman–Crippen MR) is 106 cm³/mol. The first-order valence-corrected chi connectivity index (χ1v) is 9.24. The van der Waals surface area contributed by atoms with Crippen LogP contribution in [0.4, 0.5) is 4.39 Å². The van der Waals surface area contributed by atoms with Gasteiger partial charge in [-0.15, -0.1) is 12.4 Å². The van der Waals surface area contributed by atoms with Gasteiger partial charge >= 0.3 is 0 Å². The van der Waals surface area contributed by atoms with E-state index in [4.69, 9.17) is 0 Å². The smallest absolute Gasteiger partial charge is 0.241 e. The van der Waals surface area contributed by atoms with Crippen LogP contribution in [0.5, 0.6) is 0 Å². The first kappa shape index (κ1) is 21.4. The maximum atomic E-state index is 13.3. The molecule has 1 atom stereocenters. The minimum atomic E-state index is -0.433. The van der Waals surface area contributed by atoms with Gasteiger partial charge in [0.1, 0.15) is 11.9 Å². The van der Waals surface area contributed by atoms with E-state index >= 15 is 0 Å². The van der Waals surface area contributed by atoms with Gasteiger partial charge in [0, 0.05) is 30.8 Å². The zero-order chi connectivity index (χ0) is 18.6. The van der Waals surface area contributed by atoms with Gasteiger partial charge in [0.2, 0.25) is 5.91 Å². The Kier molecular flexibility index (Phi) is 7.39. The zero-order valence-electron chi connectivity index (χ0n) is 15.9. The highest BCUT2D eigenvalue weighted by Gasteiger charge is 2.35. The number of rotatable bonds is 6. The van der Waals surface area contributed by atoms with Gasteiger partial charge in [0.15, 0.2) is 0 Å². The van der Waals surface area contributed by atoms with Crippen LogP contribution in [0, 0.1) is 5.82 Å². The van der Waals surface area contributed by atoms with Crippen molar-refractivity contribution in [2.24, 2.45) is 7.05 Å². The third kappa shape index (κ3) is 4.87. The highest BCUT2D eigenvalue weighted by Crippen LogP contribution is 2.39. The van der Waals surface area contributed by atoms with E-state index in [1.807, 2.05) is 25.4 Å². The van der Waals surface area contributed by atoms with Gasteiger partial charge in [0.05, 0.1) is 6.20 Å². The summed E-state index contributed by atoms with van der Waals surface area (Å²) in [7, 11) is 3.60. The van der Waals surface area contributed by atoms with Crippen molar-refractivity contribution in [1.29, 1.82) is 0 Å². The summed E-state index contributed by atoms with van der Waals surface area (Å²) in [4.78, 5) is 12.8. The van der Waals surface area contributed by atoms with E-state index in [0.29, 0.717) is 6.54 Å². The van der Waals surface area contributed by atoms with E-state index in [1.54, 1.807) is 17.9 Å². The second-order valence-electron chi connectivity index (χ2n) is 7.23. The molecule has 0 aliphatic heterocycles. The molecule has 1 amide bonds. The molecular weight excluding hydrogens is 367 g/mol. The Labute approximate surface area is 166 Å². The van der Waals surface area contributed by atoms with Gasteiger partial charge in [-0.2, -0.15) is 5.10 Å². The summed E-state index contributed by atoms with van der Waals surface area (Å²) in [6.07, 6.45) is 9.04. The number of nitrogens with one attached hydrogen (secondary N) is 2. The first-order valence-electron chi connectivity index (χ1n) is 9.24. The third-order valence-electron chi connectivity index (χ3n) is 5.48. The second-order valence-corrected chi connectivity index (χ2v) is 7.23. The molecule has 0 saturated heterocycles. The fraction of sp³-hybridized carbons (Fsp3) is 0.500. The maximum Gasteiger partial charge on any atom is 0.241 e. The van der Waals surface area contributed by atoms with Gasteiger partial charge in [-0.1, -0.05) is 31.4 Å². The Morgan fingerprint density at radius 2 is 1.93 bits per heavy atom. The molecule has 3 rings (SSSR count).